The van der Waals surface area contributed by atoms with Gasteiger partial charge in [0, 0.05) is 17.7 Å². The van der Waals surface area contributed by atoms with Gasteiger partial charge in [-0.25, -0.2) is 0 Å². The average molecular weight is 384 g/mol. The lowest BCUT2D eigenvalue weighted by Crippen LogP contribution is -2.43. The Morgan fingerprint density at radius 3 is 2.56 bits per heavy atom. The number of halogens is 2. The zero-order valence-electron chi connectivity index (χ0n) is 14.2. The third-order valence-electron chi connectivity index (χ3n) is 3.76. The van der Waals surface area contributed by atoms with Crippen LogP contribution in [0.1, 0.15) is 36.4 Å². The topological polar surface area (TPSA) is 75.4 Å². The van der Waals surface area contributed by atoms with Crippen molar-refractivity contribution in [2.75, 3.05) is 11.9 Å². The van der Waals surface area contributed by atoms with Crippen molar-refractivity contribution in [2.24, 2.45) is 0 Å². The van der Waals surface area contributed by atoms with Crippen LogP contribution >= 0.6 is 23.2 Å². The van der Waals surface area contributed by atoms with Crippen molar-refractivity contribution in [1.29, 1.82) is 0 Å². The molecule has 8 heteroatoms. The Morgan fingerprint density at radius 2 is 2.00 bits per heavy atom. The number of nitrogens with one attached hydrogen (secondary N) is 1. The van der Waals surface area contributed by atoms with Gasteiger partial charge in [0.05, 0.1) is 10.0 Å². The molecule has 134 valence electrons. The van der Waals surface area contributed by atoms with Crippen molar-refractivity contribution in [1.82, 2.24) is 10.1 Å². The van der Waals surface area contributed by atoms with Gasteiger partial charge in [-0.2, -0.15) is 0 Å². The van der Waals surface area contributed by atoms with E-state index in [-0.39, 0.29) is 24.4 Å². The van der Waals surface area contributed by atoms with Crippen LogP contribution in [-0.2, 0) is 4.79 Å². The lowest BCUT2D eigenvalue weighted by atomic mass is 10.1. The summed E-state index contributed by atoms with van der Waals surface area (Å²) < 4.78 is 4.91. The molecule has 2 rings (SSSR count). The molecule has 2 amide bonds. The zero-order valence-corrected chi connectivity index (χ0v) is 15.7. The monoisotopic (exact) mass is 383 g/mol. The Labute approximate surface area is 156 Å². The largest absolute Gasteiger partial charge is 0.360 e. The molecule has 1 heterocycles. The number of aromatic nitrogens is 1. The molecule has 1 aromatic carbocycles. The third-order valence-corrected chi connectivity index (χ3v) is 4.50. The molecule has 0 saturated carbocycles. The first-order valence-corrected chi connectivity index (χ1v) is 8.56. The first kappa shape index (κ1) is 19.3. The number of aryl methyl sites for hydroxylation is 1. The highest BCUT2D eigenvalue weighted by Crippen LogP contribution is 2.24. The number of amides is 2. The van der Waals surface area contributed by atoms with E-state index < -0.39 is 0 Å². The van der Waals surface area contributed by atoms with Crippen molar-refractivity contribution in [2.45, 2.75) is 33.2 Å². The number of anilines is 1. The molecule has 1 N–H and O–H groups in total. The van der Waals surface area contributed by atoms with E-state index >= 15 is 0 Å². The van der Waals surface area contributed by atoms with Crippen molar-refractivity contribution >= 4 is 40.8 Å². The standard InChI is InChI=1S/C17H19Cl2N3O3/c1-4-10(2)22(9-16(23)20-15-7-11(3)25-21-15)17(24)12-5-6-13(18)14(19)8-12/h5-8,10H,4,9H2,1-3H3,(H,20,21,23)/t10-/m0/s1. The molecular weight excluding hydrogens is 365 g/mol. The molecule has 25 heavy (non-hydrogen) atoms. The molecule has 0 saturated heterocycles. The Bertz CT molecular complexity index is 776. The molecule has 0 radical (unpaired) electrons. The molecule has 0 unspecified atom stereocenters. The van der Waals surface area contributed by atoms with E-state index in [1.54, 1.807) is 25.1 Å². The van der Waals surface area contributed by atoms with Crippen LogP contribution in [0.5, 0.6) is 0 Å². The van der Waals surface area contributed by atoms with Crippen LogP contribution < -0.4 is 5.32 Å². The quantitative estimate of drug-likeness (QED) is 0.811. The minimum absolute atomic E-state index is 0.111. The molecule has 2 aromatic rings. The van der Waals surface area contributed by atoms with Gasteiger partial charge in [-0.3, -0.25) is 9.59 Å². The zero-order chi connectivity index (χ0) is 18.6. The fourth-order valence-electron chi connectivity index (χ4n) is 2.21. The van der Waals surface area contributed by atoms with Gasteiger partial charge in [0.25, 0.3) is 5.91 Å². The highest BCUT2D eigenvalue weighted by atomic mass is 35.5. The summed E-state index contributed by atoms with van der Waals surface area (Å²) in [6.07, 6.45) is 0.698. The normalized spacial score (nSPS) is 11.9. The van der Waals surface area contributed by atoms with Gasteiger partial charge in [-0.15, -0.1) is 0 Å². The molecule has 0 bridgehead atoms. The maximum absolute atomic E-state index is 12.8. The number of nitrogens with zero attached hydrogens (tertiary/aromatic N) is 2. The van der Waals surface area contributed by atoms with E-state index in [1.807, 2.05) is 13.8 Å². The lowest BCUT2D eigenvalue weighted by Gasteiger charge is -2.28. The smallest absolute Gasteiger partial charge is 0.254 e. The van der Waals surface area contributed by atoms with Crippen LogP contribution in [0.4, 0.5) is 5.82 Å². The molecule has 6 nitrogen and oxygen atoms in total. The maximum atomic E-state index is 12.8. The highest BCUT2D eigenvalue weighted by Gasteiger charge is 2.24. The van der Waals surface area contributed by atoms with Crippen molar-refractivity contribution in [3.8, 4) is 0 Å². The Morgan fingerprint density at radius 1 is 1.28 bits per heavy atom. The predicted molar refractivity (Wildman–Crippen MR) is 97.1 cm³/mol. The second-order valence-corrected chi connectivity index (χ2v) is 6.50. The van der Waals surface area contributed by atoms with E-state index in [0.717, 1.165) is 0 Å². The van der Waals surface area contributed by atoms with E-state index in [2.05, 4.69) is 10.5 Å². The number of hydrogen-bond acceptors (Lipinski definition) is 4. The number of rotatable bonds is 6. The number of hydrogen-bond donors (Lipinski definition) is 1. The minimum Gasteiger partial charge on any atom is -0.360 e. The summed E-state index contributed by atoms with van der Waals surface area (Å²) in [5.41, 5.74) is 0.375. The van der Waals surface area contributed by atoms with Crippen LogP contribution in [-0.4, -0.2) is 34.5 Å². The number of benzene rings is 1. The van der Waals surface area contributed by atoms with E-state index in [0.29, 0.717) is 33.6 Å². The Hall–Kier alpha value is -2.05. The molecule has 0 fully saturated rings. The molecular formula is C17H19Cl2N3O3. The molecule has 0 aliphatic heterocycles. The number of carbonyl (C=O) groups is 2. The Kier molecular flexibility index (Phi) is 6.45. The third kappa shape index (κ3) is 4.96. The predicted octanol–water partition coefficient (Wildman–Crippen LogP) is 4.17. The lowest BCUT2D eigenvalue weighted by molar-refractivity contribution is -0.117. The summed E-state index contributed by atoms with van der Waals surface area (Å²) in [5, 5.41) is 6.98. The summed E-state index contributed by atoms with van der Waals surface area (Å²) in [5.74, 6) is 0.246. The van der Waals surface area contributed by atoms with E-state index in [4.69, 9.17) is 27.7 Å². The van der Waals surface area contributed by atoms with Crippen LogP contribution in [0.2, 0.25) is 10.0 Å². The van der Waals surface area contributed by atoms with Gasteiger partial charge in [-0.05, 0) is 38.5 Å². The van der Waals surface area contributed by atoms with Crippen LogP contribution in [0.3, 0.4) is 0 Å². The van der Waals surface area contributed by atoms with E-state index in [1.165, 1.54) is 11.0 Å². The maximum Gasteiger partial charge on any atom is 0.254 e. The summed E-state index contributed by atoms with van der Waals surface area (Å²) >= 11 is 11.9. The van der Waals surface area contributed by atoms with Crippen LogP contribution in [0, 0.1) is 6.92 Å². The molecule has 0 aliphatic carbocycles. The van der Waals surface area contributed by atoms with Gasteiger partial charge < -0.3 is 14.7 Å². The summed E-state index contributed by atoms with van der Waals surface area (Å²) in [7, 11) is 0. The molecule has 1 atom stereocenters. The second kappa shape index (κ2) is 8.36. The summed E-state index contributed by atoms with van der Waals surface area (Å²) in [6.45, 7) is 5.43. The van der Waals surface area contributed by atoms with Gasteiger partial charge in [0.1, 0.15) is 12.3 Å². The van der Waals surface area contributed by atoms with Gasteiger partial charge in [0.2, 0.25) is 5.91 Å². The van der Waals surface area contributed by atoms with Gasteiger partial charge in [0.15, 0.2) is 5.82 Å². The average Bonchev–Trinajstić information content (AvgIpc) is 2.98. The molecule has 1 aromatic heterocycles. The van der Waals surface area contributed by atoms with Crippen LogP contribution in [0.15, 0.2) is 28.8 Å². The van der Waals surface area contributed by atoms with Gasteiger partial charge >= 0.3 is 0 Å². The highest BCUT2D eigenvalue weighted by molar-refractivity contribution is 6.42. The first-order valence-electron chi connectivity index (χ1n) is 7.81. The fourth-order valence-corrected chi connectivity index (χ4v) is 2.50. The van der Waals surface area contributed by atoms with Crippen molar-refractivity contribution < 1.29 is 14.1 Å². The second-order valence-electron chi connectivity index (χ2n) is 5.69. The van der Waals surface area contributed by atoms with Crippen molar-refractivity contribution in [3.05, 3.63) is 45.6 Å². The molecule has 0 spiro atoms. The molecule has 0 aliphatic rings. The summed E-state index contributed by atoms with van der Waals surface area (Å²) in [6, 6.07) is 6.12. The SMILES string of the molecule is CC[C@H](C)N(CC(=O)Nc1cc(C)on1)C(=O)c1ccc(Cl)c(Cl)c1. The van der Waals surface area contributed by atoms with E-state index in [9.17, 15) is 9.59 Å². The summed E-state index contributed by atoms with van der Waals surface area (Å²) in [4.78, 5) is 26.6. The van der Waals surface area contributed by atoms with Crippen molar-refractivity contribution in [3.63, 3.8) is 0 Å². The van der Waals surface area contributed by atoms with Gasteiger partial charge in [-0.1, -0.05) is 35.3 Å². The first-order chi connectivity index (χ1) is 11.8. The van der Waals surface area contributed by atoms with Crippen LogP contribution in [0.25, 0.3) is 0 Å². The number of carbonyl (C=O) groups excluding carboxylic acids is 2. The minimum atomic E-state index is -0.359. The Balaban J connectivity index is 2.15. The fraction of sp³-hybridized carbons (Fsp3) is 0.353.